The lowest BCUT2D eigenvalue weighted by atomic mass is 10.1. The van der Waals surface area contributed by atoms with Crippen LogP contribution in [0.15, 0.2) is 0 Å². The zero-order valence-electron chi connectivity index (χ0n) is 8.48. The fourth-order valence-electron chi connectivity index (χ4n) is 1.19. The van der Waals surface area contributed by atoms with E-state index >= 15 is 0 Å². The predicted octanol–water partition coefficient (Wildman–Crippen LogP) is 4.30. The van der Waals surface area contributed by atoms with Crippen LogP contribution in [-0.2, 0) is 0 Å². The molecular formula is C11H23S. The van der Waals surface area contributed by atoms with E-state index in [1.165, 1.54) is 50.0 Å². The van der Waals surface area contributed by atoms with Crippen molar-refractivity contribution in [2.75, 3.05) is 11.5 Å². The standard InChI is InChI=1S/C11H23S/c1-3-5-6-7-8-9-11-12-10-4-2/h2-11H2,1H3. The molecule has 0 saturated carbocycles. The van der Waals surface area contributed by atoms with E-state index in [4.69, 9.17) is 0 Å². The molecule has 0 rings (SSSR count). The largest absolute Gasteiger partial charge is 0.162 e. The summed E-state index contributed by atoms with van der Waals surface area (Å²) in [7, 11) is 0. The summed E-state index contributed by atoms with van der Waals surface area (Å²) in [5, 5.41) is 0. The second-order valence-electron chi connectivity index (χ2n) is 3.23. The van der Waals surface area contributed by atoms with Gasteiger partial charge in [0.1, 0.15) is 0 Å². The average molecular weight is 187 g/mol. The Hall–Kier alpha value is 0.350. The fraction of sp³-hybridized carbons (Fsp3) is 0.909. The van der Waals surface area contributed by atoms with Crippen molar-refractivity contribution >= 4 is 11.8 Å². The highest BCUT2D eigenvalue weighted by Crippen LogP contribution is 2.09. The van der Waals surface area contributed by atoms with E-state index in [9.17, 15) is 0 Å². The lowest BCUT2D eigenvalue weighted by Crippen LogP contribution is -1.83. The van der Waals surface area contributed by atoms with Crippen molar-refractivity contribution in [3.05, 3.63) is 6.92 Å². The molecule has 0 heterocycles. The maximum atomic E-state index is 3.82. The van der Waals surface area contributed by atoms with E-state index < -0.39 is 0 Å². The fourth-order valence-corrected chi connectivity index (χ4v) is 2.01. The maximum Gasteiger partial charge on any atom is -0.00675 e. The number of rotatable bonds is 9. The van der Waals surface area contributed by atoms with Crippen LogP contribution in [0, 0.1) is 6.92 Å². The third-order valence-electron chi connectivity index (χ3n) is 1.93. The minimum Gasteiger partial charge on any atom is -0.162 e. The molecule has 1 heteroatoms. The first kappa shape index (κ1) is 12.3. The average Bonchev–Trinajstić information content (AvgIpc) is 2.10. The lowest BCUT2D eigenvalue weighted by molar-refractivity contribution is 0.627. The molecule has 0 aromatic carbocycles. The molecule has 0 aliphatic rings. The van der Waals surface area contributed by atoms with Crippen molar-refractivity contribution in [3.63, 3.8) is 0 Å². The van der Waals surface area contributed by atoms with Crippen molar-refractivity contribution < 1.29 is 0 Å². The third kappa shape index (κ3) is 10.3. The van der Waals surface area contributed by atoms with Gasteiger partial charge < -0.3 is 0 Å². The molecular weight excluding hydrogens is 164 g/mol. The Morgan fingerprint density at radius 3 is 2.25 bits per heavy atom. The highest BCUT2D eigenvalue weighted by Gasteiger charge is 1.90. The Balaban J connectivity index is 2.73. The quantitative estimate of drug-likeness (QED) is 0.485. The van der Waals surface area contributed by atoms with Crippen LogP contribution in [0.3, 0.4) is 0 Å². The van der Waals surface area contributed by atoms with Crippen LogP contribution in [0.4, 0.5) is 0 Å². The predicted molar refractivity (Wildman–Crippen MR) is 60.7 cm³/mol. The van der Waals surface area contributed by atoms with Crippen LogP contribution in [0.1, 0.15) is 51.9 Å². The molecule has 0 aliphatic heterocycles. The van der Waals surface area contributed by atoms with Gasteiger partial charge in [-0.15, -0.1) is 0 Å². The molecule has 0 aromatic rings. The van der Waals surface area contributed by atoms with Gasteiger partial charge in [-0.3, -0.25) is 0 Å². The van der Waals surface area contributed by atoms with E-state index in [1.54, 1.807) is 0 Å². The van der Waals surface area contributed by atoms with Gasteiger partial charge in [-0.25, -0.2) is 0 Å². The van der Waals surface area contributed by atoms with E-state index in [-0.39, 0.29) is 0 Å². The maximum absolute atomic E-state index is 3.82. The first-order valence-corrected chi connectivity index (χ1v) is 6.44. The number of thioether (sulfide) groups is 1. The monoisotopic (exact) mass is 187 g/mol. The van der Waals surface area contributed by atoms with Crippen LogP contribution >= 0.6 is 11.8 Å². The molecule has 0 N–H and O–H groups in total. The first-order valence-electron chi connectivity index (χ1n) is 5.28. The number of hydrogen-bond acceptors (Lipinski definition) is 1. The summed E-state index contributed by atoms with van der Waals surface area (Å²) in [6.07, 6.45) is 9.59. The van der Waals surface area contributed by atoms with Crippen molar-refractivity contribution in [3.8, 4) is 0 Å². The molecule has 12 heavy (non-hydrogen) atoms. The summed E-state index contributed by atoms with van der Waals surface area (Å²) in [4.78, 5) is 0. The summed E-state index contributed by atoms with van der Waals surface area (Å²) in [6.45, 7) is 6.09. The number of hydrogen-bond donors (Lipinski definition) is 0. The van der Waals surface area contributed by atoms with Crippen molar-refractivity contribution in [1.82, 2.24) is 0 Å². The van der Waals surface area contributed by atoms with Crippen LogP contribution in [0.2, 0.25) is 0 Å². The third-order valence-corrected chi connectivity index (χ3v) is 3.09. The molecule has 0 nitrogen and oxygen atoms in total. The summed E-state index contributed by atoms with van der Waals surface area (Å²) in [5.74, 6) is 2.59. The summed E-state index contributed by atoms with van der Waals surface area (Å²) in [6, 6.07) is 0. The van der Waals surface area contributed by atoms with Crippen LogP contribution in [0.5, 0.6) is 0 Å². The number of unbranched alkanes of at least 4 members (excludes halogenated alkanes) is 5. The van der Waals surface area contributed by atoms with Gasteiger partial charge >= 0.3 is 0 Å². The van der Waals surface area contributed by atoms with Gasteiger partial charge in [-0.1, -0.05) is 46.0 Å². The molecule has 73 valence electrons. The molecule has 0 fully saturated rings. The van der Waals surface area contributed by atoms with Gasteiger partial charge in [-0.05, 0) is 24.3 Å². The molecule has 0 aromatic heterocycles. The second kappa shape index (κ2) is 11.4. The molecule has 0 atom stereocenters. The van der Waals surface area contributed by atoms with Crippen LogP contribution in [-0.4, -0.2) is 11.5 Å². The lowest BCUT2D eigenvalue weighted by Gasteiger charge is -2.00. The normalized spacial score (nSPS) is 10.5. The van der Waals surface area contributed by atoms with Gasteiger partial charge in [-0.2, -0.15) is 11.8 Å². The van der Waals surface area contributed by atoms with E-state index in [0.29, 0.717) is 0 Å². The molecule has 0 saturated heterocycles. The van der Waals surface area contributed by atoms with Crippen molar-refractivity contribution in [1.29, 1.82) is 0 Å². The van der Waals surface area contributed by atoms with Crippen molar-refractivity contribution in [2.24, 2.45) is 0 Å². The highest BCUT2D eigenvalue weighted by atomic mass is 32.2. The SMILES string of the molecule is [CH2]CCSCCCCCCCC. The summed E-state index contributed by atoms with van der Waals surface area (Å²) < 4.78 is 0. The Bertz CT molecular complexity index is 61.4. The van der Waals surface area contributed by atoms with Gasteiger partial charge in [0.15, 0.2) is 0 Å². The van der Waals surface area contributed by atoms with Crippen LogP contribution < -0.4 is 0 Å². The molecule has 0 unspecified atom stereocenters. The van der Waals surface area contributed by atoms with E-state index in [2.05, 4.69) is 25.6 Å². The zero-order chi connectivity index (χ0) is 9.07. The molecule has 1 radical (unpaired) electrons. The summed E-state index contributed by atoms with van der Waals surface area (Å²) >= 11 is 2.05. The molecule has 0 spiro atoms. The van der Waals surface area contributed by atoms with Gasteiger partial charge in [0, 0.05) is 0 Å². The zero-order valence-corrected chi connectivity index (χ0v) is 9.30. The van der Waals surface area contributed by atoms with Gasteiger partial charge in [0.05, 0.1) is 0 Å². The van der Waals surface area contributed by atoms with Gasteiger partial charge in [0.2, 0.25) is 0 Å². The molecule has 0 bridgehead atoms. The van der Waals surface area contributed by atoms with E-state index in [0.717, 1.165) is 6.42 Å². The molecule has 0 aliphatic carbocycles. The van der Waals surface area contributed by atoms with E-state index in [1.807, 2.05) is 0 Å². The Morgan fingerprint density at radius 1 is 0.917 bits per heavy atom. The first-order chi connectivity index (χ1) is 5.91. The summed E-state index contributed by atoms with van der Waals surface area (Å²) in [5.41, 5.74) is 0. The van der Waals surface area contributed by atoms with Crippen molar-refractivity contribution in [2.45, 2.75) is 51.9 Å². The van der Waals surface area contributed by atoms with Crippen LogP contribution in [0.25, 0.3) is 0 Å². The van der Waals surface area contributed by atoms with Gasteiger partial charge in [0.25, 0.3) is 0 Å². The minimum absolute atomic E-state index is 1.08. The second-order valence-corrected chi connectivity index (χ2v) is 4.46. The molecule has 0 amide bonds. The Kier molecular flexibility index (Phi) is 11.7. The Morgan fingerprint density at radius 2 is 1.58 bits per heavy atom. The Labute approximate surface area is 82.5 Å². The minimum atomic E-state index is 1.08. The smallest absolute Gasteiger partial charge is 0.00675 e. The highest BCUT2D eigenvalue weighted by molar-refractivity contribution is 7.99. The topological polar surface area (TPSA) is 0 Å².